The van der Waals surface area contributed by atoms with E-state index in [4.69, 9.17) is 0 Å². The molecule has 0 unspecified atom stereocenters. The van der Waals surface area contributed by atoms with Crippen molar-refractivity contribution in [1.29, 1.82) is 0 Å². The predicted molar refractivity (Wildman–Crippen MR) is 85.1 cm³/mol. The number of carbonyl (C=O) groups is 1. The first-order chi connectivity index (χ1) is 11.0. The number of hydrogen-bond donors (Lipinski definition) is 1. The summed E-state index contributed by atoms with van der Waals surface area (Å²) < 4.78 is 1.24. The van der Waals surface area contributed by atoms with E-state index in [0.29, 0.717) is 6.54 Å². The second kappa shape index (κ2) is 6.36. The summed E-state index contributed by atoms with van der Waals surface area (Å²) in [6.07, 6.45) is 3.80. The summed E-state index contributed by atoms with van der Waals surface area (Å²) in [6, 6.07) is 3.10. The summed E-state index contributed by atoms with van der Waals surface area (Å²) >= 11 is 0. The van der Waals surface area contributed by atoms with E-state index in [2.05, 4.69) is 15.3 Å². The summed E-state index contributed by atoms with van der Waals surface area (Å²) in [4.78, 5) is 26.2. The quantitative estimate of drug-likeness (QED) is 0.915. The second-order valence-electron chi connectivity index (χ2n) is 6.12. The first-order valence-electron chi connectivity index (χ1n) is 7.87. The fourth-order valence-corrected chi connectivity index (χ4v) is 3.10. The summed E-state index contributed by atoms with van der Waals surface area (Å²) in [5.41, 5.74) is 2.71. The van der Waals surface area contributed by atoms with Crippen LogP contribution in [-0.2, 0) is 11.3 Å². The molecule has 1 aliphatic rings. The van der Waals surface area contributed by atoms with Gasteiger partial charge in [0.05, 0.1) is 11.9 Å². The Labute approximate surface area is 134 Å². The Bertz CT molecular complexity index is 764. The van der Waals surface area contributed by atoms with Crippen LogP contribution in [0.2, 0.25) is 0 Å². The molecule has 3 rings (SSSR count). The van der Waals surface area contributed by atoms with Crippen LogP contribution in [0.5, 0.6) is 0 Å². The minimum absolute atomic E-state index is 0.00477. The molecule has 1 aliphatic heterocycles. The SMILES string of the molecule is Cc1ccc(=O)n(CC(=O)N2CCC[C@@H](c3[nH]ncc3C)C2)n1. The average molecular weight is 315 g/mol. The third kappa shape index (κ3) is 3.33. The molecule has 2 aromatic rings. The van der Waals surface area contributed by atoms with Crippen LogP contribution in [0.1, 0.15) is 35.7 Å². The number of aryl methyl sites for hydroxylation is 2. The van der Waals surface area contributed by atoms with Crippen molar-refractivity contribution in [3.05, 3.63) is 45.6 Å². The number of hydrogen-bond acceptors (Lipinski definition) is 4. The molecule has 0 aromatic carbocycles. The molecule has 1 fully saturated rings. The Kier molecular flexibility index (Phi) is 4.27. The maximum atomic E-state index is 12.5. The van der Waals surface area contributed by atoms with E-state index in [9.17, 15) is 9.59 Å². The number of rotatable bonds is 3. The minimum atomic E-state index is -0.248. The van der Waals surface area contributed by atoms with Gasteiger partial charge in [0, 0.05) is 30.8 Å². The molecule has 7 nitrogen and oxygen atoms in total. The molecule has 0 spiro atoms. The van der Waals surface area contributed by atoms with Crippen molar-refractivity contribution in [3.8, 4) is 0 Å². The van der Waals surface area contributed by atoms with Crippen molar-refractivity contribution in [2.75, 3.05) is 13.1 Å². The van der Waals surface area contributed by atoms with Crippen molar-refractivity contribution in [2.45, 2.75) is 39.2 Å². The maximum absolute atomic E-state index is 12.5. The highest BCUT2D eigenvalue weighted by molar-refractivity contribution is 5.76. The van der Waals surface area contributed by atoms with Crippen molar-refractivity contribution in [3.63, 3.8) is 0 Å². The summed E-state index contributed by atoms with van der Waals surface area (Å²) in [7, 11) is 0. The number of aromatic amines is 1. The van der Waals surface area contributed by atoms with Crippen LogP contribution in [0.15, 0.2) is 23.1 Å². The number of H-pyrrole nitrogens is 1. The molecule has 0 aliphatic carbocycles. The summed E-state index contributed by atoms with van der Waals surface area (Å²) in [5.74, 6) is 0.212. The monoisotopic (exact) mass is 315 g/mol. The fraction of sp³-hybridized carbons (Fsp3) is 0.500. The van der Waals surface area contributed by atoms with E-state index in [0.717, 1.165) is 36.3 Å². The fourth-order valence-electron chi connectivity index (χ4n) is 3.10. The zero-order valence-corrected chi connectivity index (χ0v) is 13.5. The van der Waals surface area contributed by atoms with Gasteiger partial charge >= 0.3 is 0 Å². The largest absolute Gasteiger partial charge is 0.340 e. The van der Waals surface area contributed by atoms with E-state index >= 15 is 0 Å². The Morgan fingerprint density at radius 1 is 1.39 bits per heavy atom. The Hall–Kier alpha value is -2.44. The molecule has 2 aromatic heterocycles. The van der Waals surface area contributed by atoms with Crippen LogP contribution in [0.4, 0.5) is 0 Å². The number of carbonyl (C=O) groups excluding carboxylic acids is 1. The van der Waals surface area contributed by atoms with Gasteiger partial charge in [-0.2, -0.15) is 10.2 Å². The smallest absolute Gasteiger partial charge is 0.267 e. The molecule has 122 valence electrons. The lowest BCUT2D eigenvalue weighted by molar-refractivity contribution is -0.133. The van der Waals surface area contributed by atoms with Gasteiger partial charge in [0.1, 0.15) is 6.54 Å². The average Bonchev–Trinajstić information content (AvgIpc) is 2.97. The third-order valence-electron chi connectivity index (χ3n) is 4.34. The molecule has 23 heavy (non-hydrogen) atoms. The first-order valence-corrected chi connectivity index (χ1v) is 7.87. The van der Waals surface area contributed by atoms with Gasteiger partial charge in [0.2, 0.25) is 5.91 Å². The van der Waals surface area contributed by atoms with E-state index in [1.807, 2.05) is 18.0 Å². The molecule has 1 amide bonds. The number of aromatic nitrogens is 4. The standard InChI is InChI=1S/C16H21N5O2/c1-11-8-17-18-16(11)13-4-3-7-20(9-13)15(23)10-21-14(22)6-5-12(2)19-21/h5-6,8,13H,3-4,7,9-10H2,1-2H3,(H,17,18)/t13-/m1/s1. The number of nitrogens with zero attached hydrogens (tertiary/aromatic N) is 4. The Balaban J connectivity index is 1.71. The molecule has 7 heteroatoms. The zero-order chi connectivity index (χ0) is 16.4. The third-order valence-corrected chi connectivity index (χ3v) is 4.34. The lowest BCUT2D eigenvalue weighted by atomic mass is 9.93. The van der Waals surface area contributed by atoms with E-state index in [1.165, 1.54) is 10.7 Å². The highest BCUT2D eigenvalue weighted by Gasteiger charge is 2.26. The van der Waals surface area contributed by atoms with Gasteiger partial charge in [-0.25, -0.2) is 4.68 Å². The van der Waals surface area contributed by atoms with E-state index in [1.54, 1.807) is 13.0 Å². The molecule has 0 radical (unpaired) electrons. The van der Waals surface area contributed by atoms with Crippen LogP contribution in [0, 0.1) is 13.8 Å². The van der Waals surface area contributed by atoms with Crippen LogP contribution < -0.4 is 5.56 Å². The molecular formula is C16H21N5O2. The van der Waals surface area contributed by atoms with Crippen LogP contribution in [0.3, 0.4) is 0 Å². The zero-order valence-electron chi connectivity index (χ0n) is 13.5. The van der Waals surface area contributed by atoms with Gasteiger partial charge in [0.15, 0.2) is 0 Å². The van der Waals surface area contributed by atoms with Gasteiger partial charge in [-0.05, 0) is 38.3 Å². The molecule has 1 atom stereocenters. The van der Waals surface area contributed by atoms with E-state index < -0.39 is 0 Å². The lowest BCUT2D eigenvalue weighted by Crippen LogP contribution is -2.42. The highest BCUT2D eigenvalue weighted by Crippen LogP contribution is 2.27. The molecule has 3 heterocycles. The van der Waals surface area contributed by atoms with Crippen molar-refractivity contribution in [2.24, 2.45) is 0 Å². The molecule has 1 N–H and O–H groups in total. The van der Waals surface area contributed by atoms with Gasteiger partial charge in [0.25, 0.3) is 5.56 Å². The second-order valence-corrected chi connectivity index (χ2v) is 6.12. The first kappa shape index (κ1) is 15.5. The maximum Gasteiger partial charge on any atom is 0.267 e. The number of nitrogens with one attached hydrogen (secondary N) is 1. The lowest BCUT2D eigenvalue weighted by Gasteiger charge is -2.32. The number of amides is 1. The van der Waals surface area contributed by atoms with Crippen molar-refractivity contribution >= 4 is 5.91 Å². The van der Waals surface area contributed by atoms with Crippen molar-refractivity contribution in [1.82, 2.24) is 24.9 Å². The van der Waals surface area contributed by atoms with Crippen LogP contribution in [-0.4, -0.2) is 43.9 Å². The van der Waals surface area contributed by atoms with Crippen LogP contribution in [0.25, 0.3) is 0 Å². The summed E-state index contributed by atoms with van der Waals surface area (Å²) in [6.45, 7) is 5.20. The number of piperidine rings is 1. The summed E-state index contributed by atoms with van der Waals surface area (Å²) in [5, 5.41) is 11.2. The van der Waals surface area contributed by atoms with Crippen LogP contribution >= 0.6 is 0 Å². The van der Waals surface area contributed by atoms with Gasteiger partial charge in [-0.1, -0.05) is 0 Å². The van der Waals surface area contributed by atoms with Crippen molar-refractivity contribution < 1.29 is 4.79 Å². The molecule has 0 saturated carbocycles. The minimum Gasteiger partial charge on any atom is -0.340 e. The van der Waals surface area contributed by atoms with Gasteiger partial charge in [-0.15, -0.1) is 0 Å². The predicted octanol–water partition coefficient (Wildman–Crippen LogP) is 0.989. The highest BCUT2D eigenvalue weighted by atomic mass is 16.2. The topological polar surface area (TPSA) is 83.9 Å². The number of likely N-dealkylation sites (tertiary alicyclic amines) is 1. The molecule has 1 saturated heterocycles. The molecular weight excluding hydrogens is 294 g/mol. The molecule has 0 bridgehead atoms. The Morgan fingerprint density at radius 2 is 2.22 bits per heavy atom. The van der Waals surface area contributed by atoms with Gasteiger partial charge in [-0.3, -0.25) is 14.7 Å². The van der Waals surface area contributed by atoms with Gasteiger partial charge < -0.3 is 4.90 Å². The normalized spacial score (nSPS) is 18.2. The van der Waals surface area contributed by atoms with E-state index in [-0.39, 0.29) is 23.9 Å². The Morgan fingerprint density at radius 3 is 2.96 bits per heavy atom.